The molecule has 0 spiro atoms. The number of pyridine rings is 3. The third kappa shape index (κ3) is 4.78. The van der Waals surface area contributed by atoms with E-state index in [0.717, 1.165) is 42.9 Å². The number of nitrogens with zero attached hydrogens (tertiary/aromatic N) is 7. The molecule has 0 saturated carbocycles. The number of rotatable bonds is 6. The quantitative estimate of drug-likeness (QED) is 0.303. The van der Waals surface area contributed by atoms with Crippen LogP contribution in [0.25, 0.3) is 44.7 Å². The molecule has 0 atom stereocenters. The molecule has 1 amide bonds. The SMILES string of the molecule is CC(C)CC(=O)Nc1cncc(-c2ncc3[nH]nc(-c4nc5c(N6CCN(C)CC6)cncc5[nH]4)c3c2F)c1. The van der Waals surface area contributed by atoms with Gasteiger partial charge in [0, 0.05) is 44.4 Å². The Morgan fingerprint density at radius 3 is 2.64 bits per heavy atom. The van der Waals surface area contributed by atoms with Gasteiger partial charge in [0.2, 0.25) is 5.91 Å². The van der Waals surface area contributed by atoms with E-state index in [1.54, 1.807) is 12.3 Å². The highest BCUT2D eigenvalue weighted by Gasteiger charge is 2.23. The summed E-state index contributed by atoms with van der Waals surface area (Å²) in [5.41, 5.74) is 4.27. The molecule has 5 aromatic rings. The van der Waals surface area contributed by atoms with Crippen LogP contribution in [-0.2, 0) is 4.79 Å². The minimum atomic E-state index is -0.554. The molecule has 0 unspecified atom stereocenters. The number of aromatic nitrogens is 7. The van der Waals surface area contributed by atoms with Crippen molar-refractivity contribution in [2.45, 2.75) is 20.3 Å². The first kappa shape index (κ1) is 24.9. The molecule has 11 nitrogen and oxygen atoms in total. The third-order valence-electron chi connectivity index (χ3n) is 6.88. The fraction of sp³-hybridized carbons (Fsp3) is 0.333. The van der Waals surface area contributed by atoms with Crippen molar-refractivity contribution in [1.82, 2.24) is 40.0 Å². The van der Waals surface area contributed by atoms with E-state index in [-0.39, 0.29) is 22.9 Å². The maximum atomic E-state index is 16.1. The fourth-order valence-electron chi connectivity index (χ4n) is 4.88. The summed E-state index contributed by atoms with van der Waals surface area (Å²) in [5, 5.41) is 10.3. The lowest BCUT2D eigenvalue weighted by Crippen LogP contribution is -2.44. The molecule has 5 aromatic heterocycles. The van der Waals surface area contributed by atoms with Crippen molar-refractivity contribution in [2.75, 3.05) is 43.4 Å². The van der Waals surface area contributed by atoms with Gasteiger partial charge >= 0.3 is 0 Å². The number of fused-ring (bicyclic) bond motifs is 2. The predicted molar refractivity (Wildman–Crippen MR) is 148 cm³/mol. The monoisotopic (exact) mass is 528 g/mol. The summed E-state index contributed by atoms with van der Waals surface area (Å²) in [4.78, 5) is 37.8. The Bertz CT molecular complexity index is 1670. The number of aromatic amines is 2. The Kier molecular flexibility index (Phi) is 6.39. The standard InChI is InChI=1S/C27H29FN10O/c1-15(2)8-21(39)32-17-9-16(10-29-11-17)24-23(28)22-18(13-31-24)35-36-26(22)27-33-19-12-30-14-20(25(19)34-27)38-6-4-37(3)5-7-38/h9-15H,4-8H2,1-3H3,(H,32,39)(H,33,34)(H,35,36). The van der Waals surface area contributed by atoms with Crippen LogP contribution < -0.4 is 10.2 Å². The Balaban J connectivity index is 1.38. The Morgan fingerprint density at radius 1 is 1.05 bits per heavy atom. The first-order chi connectivity index (χ1) is 18.9. The lowest BCUT2D eigenvalue weighted by Gasteiger charge is -2.33. The smallest absolute Gasteiger partial charge is 0.224 e. The molecule has 12 heteroatoms. The van der Waals surface area contributed by atoms with Gasteiger partial charge in [0.15, 0.2) is 11.6 Å². The third-order valence-corrected chi connectivity index (χ3v) is 6.88. The van der Waals surface area contributed by atoms with Gasteiger partial charge in [-0.05, 0) is 19.0 Å². The van der Waals surface area contributed by atoms with Crippen LogP contribution in [0.5, 0.6) is 0 Å². The minimum absolute atomic E-state index is 0.105. The molecule has 200 valence electrons. The van der Waals surface area contributed by atoms with E-state index in [9.17, 15) is 4.79 Å². The largest absolute Gasteiger partial charge is 0.366 e. The van der Waals surface area contributed by atoms with Gasteiger partial charge in [0.05, 0.1) is 52.6 Å². The van der Waals surface area contributed by atoms with Crippen molar-refractivity contribution in [2.24, 2.45) is 5.92 Å². The van der Waals surface area contributed by atoms with Crippen LogP contribution in [0.15, 0.2) is 37.1 Å². The molecule has 3 N–H and O–H groups in total. The van der Waals surface area contributed by atoms with E-state index in [1.807, 2.05) is 20.0 Å². The highest BCUT2D eigenvalue weighted by Crippen LogP contribution is 2.34. The summed E-state index contributed by atoms with van der Waals surface area (Å²) in [6.45, 7) is 7.60. The second-order valence-electron chi connectivity index (χ2n) is 10.3. The average molecular weight is 529 g/mol. The molecule has 0 radical (unpaired) electrons. The van der Waals surface area contributed by atoms with E-state index >= 15 is 4.39 Å². The van der Waals surface area contributed by atoms with E-state index in [2.05, 4.69) is 52.3 Å². The van der Waals surface area contributed by atoms with Crippen LogP contribution in [0.3, 0.4) is 0 Å². The van der Waals surface area contributed by atoms with Crippen LogP contribution >= 0.6 is 0 Å². The van der Waals surface area contributed by atoms with Crippen LogP contribution in [-0.4, -0.2) is 79.2 Å². The maximum absolute atomic E-state index is 16.1. The van der Waals surface area contributed by atoms with Gasteiger partial charge < -0.3 is 20.1 Å². The Labute approximate surface area is 223 Å². The molecule has 0 aromatic carbocycles. The zero-order chi connectivity index (χ0) is 27.1. The zero-order valence-corrected chi connectivity index (χ0v) is 22.0. The molecule has 6 heterocycles. The number of imidazole rings is 1. The summed E-state index contributed by atoms with van der Waals surface area (Å²) in [7, 11) is 2.11. The summed E-state index contributed by atoms with van der Waals surface area (Å²) in [5.74, 6) is -0.0285. The summed E-state index contributed by atoms with van der Waals surface area (Å²) in [6, 6.07) is 1.66. The molecule has 6 rings (SSSR count). The van der Waals surface area contributed by atoms with Gasteiger partial charge in [-0.2, -0.15) is 5.10 Å². The second-order valence-corrected chi connectivity index (χ2v) is 10.3. The lowest BCUT2D eigenvalue weighted by atomic mass is 10.1. The Morgan fingerprint density at radius 2 is 1.85 bits per heavy atom. The molecular weight excluding hydrogens is 499 g/mol. The molecule has 1 fully saturated rings. The number of likely N-dealkylation sites (N-methyl/N-ethyl adjacent to an activating group) is 1. The normalized spacial score (nSPS) is 14.5. The lowest BCUT2D eigenvalue weighted by molar-refractivity contribution is -0.116. The van der Waals surface area contributed by atoms with Gasteiger partial charge in [0.25, 0.3) is 0 Å². The van der Waals surface area contributed by atoms with E-state index in [4.69, 9.17) is 4.98 Å². The van der Waals surface area contributed by atoms with Crippen molar-refractivity contribution >= 4 is 39.2 Å². The number of amides is 1. The number of hydrogen-bond donors (Lipinski definition) is 3. The van der Waals surface area contributed by atoms with Gasteiger partial charge in [-0.3, -0.25) is 24.8 Å². The topological polar surface area (TPSA) is 132 Å². The molecule has 0 aliphatic carbocycles. The number of nitrogens with one attached hydrogen (secondary N) is 3. The van der Waals surface area contributed by atoms with E-state index in [1.165, 1.54) is 18.6 Å². The number of halogens is 1. The van der Waals surface area contributed by atoms with Crippen molar-refractivity contribution < 1.29 is 9.18 Å². The van der Waals surface area contributed by atoms with Gasteiger partial charge in [0.1, 0.15) is 16.9 Å². The van der Waals surface area contributed by atoms with Crippen molar-refractivity contribution in [1.29, 1.82) is 0 Å². The number of carbonyl (C=O) groups excluding carboxylic acids is 1. The highest BCUT2D eigenvalue weighted by atomic mass is 19.1. The van der Waals surface area contributed by atoms with Crippen LogP contribution in [0, 0.1) is 11.7 Å². The molecular formula is C27H29FN10O. The number of anilines is 2. The second kappa shape index (κ2) is 10.0. The summed E-state index contributed by atoms with van der Waals surface area (Å²) >= 11 is 0. The van der Waals surface area contributed by atoms with Crippen molar-refractivity contribution in [3.05, 3.63) is 42.9 Å². The molecule has 39 heavy (non-hydrogen) atoms. The summed E-state index contributed by atoms with van der Waals surface area (Å²) < 4.78 is 16.1. The van der Waals surface area contributed by atoms with Gasteiger partial charge in [-0.15, -0.1) is 0 Å². The van der Waals surface area contributed by atoms with Crippen LogP contribution in [0.2, 0.25) is 0 Å². The average Bonchev–Trinajstić information content (AvgIpc) is 3.54. The molecule has 0 bridgehead atoms. The first-order valence-electron chi connectivity index (χ1n) is 12.9. The van der Waals surface area contributed by atoms with Crippen molar-refractivity contribution in [3.8, 4) is 22.8 Å². The maximum Gasteiger partial charge on any atom is 0.224 e. The van der Waals surface area contributed by atoms with E-state index < -0.39 is 5.82 Å². The minimum Gasteiger partial charge on any atom is -0.366 e. The fourth-order valence-corrected chi connectivity index (χ4v) is 4.88. The van der Waals surface area contributed by atoms with Crippen LogP contribution in [0.1, 0.15) is 20.3 Å². The molecule has 1 saturated heterocycles. The Hall–Kier alpha value is -4.45. The predicted octanol–water partition coefficient (Wildman–Crippen LogP) is 3.83. The van der Waals surface area contributed by atoms with E-state index in [0.29, 0.717) is 34.7 Å². The van der Waals surface area contributed by atoms with Gasteiger partial charge in [-0.1, -0.05) is 13.8 Å². The molecule has 1 aliphatic rings. The van der Waals surface area contributed by atoms with Gasteiger partial charge in [-0.25, -0.2) is 9.37 Å². The number of piperazine rings is 1. The highest BCUT2D eigenvalue weighted by molar-refractivity contribution is 5.97. The number of carbonyl (C=O) groups is 1. The first-order valence-corrected chi connectivity index (χ1v) is 12.9. The van der Waals surface area contributed by atoms with Crippen molar-refractivity contribution in [3.63, 3.8) is 0 Å². The zero-order valence-electron chi connectivity index (χ0n) is 22.0. The summed E-state index contributed by atoms with van der Waals surface area (Å²) in [6.07, 6.45) is 8.50. The van der Waals surface area contributed by atoms with Crippen LogP contribution in [0.4, 0.5) is 15.8 Å². The molecule has 1 aliphatic heterocycles. The number of hydrogen-bond acceptors (Lipinski definition) is 8. The number of H-pyrrole nitrogens is 2.